The van der Waals surface area contributed by atoms with Crippen molar-refractivity contribution in [3.8, 4) is 0 Å². The minimum Gasteiger partial charge on any atom is -0.279 e. The van der Waals surface area contributed by atoms with Gasteiger partial charge in [-0.25, -0.2) is 0 Å². The van der Waals surface area contributed by atoms with Gasteiger partial charge in [0.15, 0.2) is 0 Å². The van der Waals surface area contributed by atoms with Crippen LogP contribution in [-0.2, 0) is 66.7 Å². The molecular formula is C4H4F12O12S4Zr. The average molecular weight is 692 g/mol. The Morgan fingerprint density at radius 3 is 0.364 bits per heavy atom. The van der Waals surface area contributed by atoms with Gasteiger partial charge in [-0.2, -0.15) is 86.4 Å². The predicted molar refractivity (Wildman–Crippen MR) is 70.4 cm³/mol. The summed E-state index contributed by atoms with van der Waals surface area (Å²) in [4.78, 5) is 0. The summed E-state index contributed by atoms with van der Waals surface area (Å²) in [6.07, 6.45) is 0. The Morgan fingerprint density at radius 1 is 0.333 bits per heavy atom. The van der Waals surface area contributed by atoms with Gasteiger partial charge < -0.3 is 0 Å². The van der Waals surface area contributed by atoms with Crippen molar-refractivity contribution >= 4 is 40.5 Å². The topological polar surface area (TPSA) is 217 Å². The summed E-state index contributed by atoms with van der Waals surface area (Å²) in [5.74, 6) is 0. The molecule has 0 amide bonds. The van der Waals surface area contributed by atoms with Crippen LogP contribution in [0.15, 0.2) is 0 Å². The van der Waals surface area contributed by atoms with Gasteiger partial charge in [-0.1, -0.05) is 0 Å². The Bertz CT molecular complexity index is 828. The molecule has 0 heterocycles. The maximum Gasteiger partial charge on any atom is 0.522 e. The van der Waals surface area contributed by atoms with Gasteiger partial charge in [-0.15, -0.1) is 0 Å². The molecule has 29 heteroatoms. The van der Waals surface area contributed by atoms with Gasteiger partial charge >= 0.3 is 62.5 Å². The zero-order chi connectivity index (χ0) is 28.0. The number of halogens is 12. The van der Waals surface area contributed by atoms with Gasteiger partial charge in [0, 0.05) is 26.2 Å². The molecule has 0 bridgehead atoms. The van der Waals surface area contributed by atoms with Gasteiger partial charge in [0.2, 0.25) is 0 Å². The van der Waals surface area contributed by atoms with Crippen LogP contribution in [-0.4, -0.2) is 73.9 Å². The van der Waals surface area contributed by atoms with E-state index in [1.165, 1.54) is 0 Å². The molecule has 0 rings (SSSR count). The summed E-state index contributed by atoms with van der Waals surface area (Å²) in [6, 6.07) is 0. The molecule has 0 aliphatic carbocycles. The van der Waals surface area contributed by atoms with Crippen molar-refractivity contribution < 1.29 is 131 Å². The first-order valence-electron chi connectivity index (χ1n) is 5.15. The van der Waals surface area contributed by atoms with Crippen LogP contribution in [0.1, 0.15) is 0 Å². The smallest absolute Gasteiger partial charge is 0.279 e. The van der Waals surface area contributed by atoms with Gasteiger partial charge in [0.1, 0.15) is 0 Å². The summed E-state index contributed by atoms with van der Waals surface area (Å²) < 4.78 is 230. The summed E-state index contributed by atoms with van der Waals surface area (Å²) in [5, 5.41) is 0. The van der Waals surface area contributed by atoms with E-state index in [0.717, 1.165) is 0 Å². The van der Waals surface area contributed by atoms with E-state index in [9.17, 15) is 52.7 Å². The largest absolute Gasteiger partial charge is 0.522 e. The SMILES string of the molecule is O=S(=O)(O)C(F)(F)F.O=S(=O)(O)C(F)(F)F.O=S(=O)(O)C(F)(F)F.O=S(=O)(O)C(F)(F)F.[Zr]. The Balaban J connectivity index is -0.000000105. The van der Waals surface area contributed by atoms with Crippen LogP contribution < -0.4 is 0 Å². The van der Waals surface area contributed by atoms with Crippen molar-refractivity contribution in [1.29, 1.82) is 0 Å². The first kappa shape index (κ1) is 42.8. The standard InChI is InChI=1S/4CHF3O3S.Zr/c4*2-1(3,4)8(5,6)7;/h4*(H,5,6,7);. The molecule has 0 aliphatic heterocycles. The molecular weight excluding hydrogens is 688 g/mol. The maximum absolute atomic E-state index is 10.7. The zero-order valence-electron chi connectivity index (χ0n) is 13.7. The van der Waals surface area contributed by atoms with Crippen LogP contribution in [0.3, 0.4) is 0 Å². The quantitative estimate of drug-likeness (QED) is 0.162. The van der Waals surface area contributed by atoms with E-state index in [2.05, 4.69) is 0 Å². The molecule has 0 spiro atoms. The number of rotatable bonds is 0. The summed E-state index contributed by atoms with van der Waals surface area (Å²) in [7, 11) is -23.4. The third-order valence-corrected chi connectivity index (χ3v) is 3.51. The van der Waals surface area contributed by atoms with Crippen LogP contribution in [0.5, 0.6) is 0 Å². The fourth-order valence-corrected chi connectivity index (χ4v) is 0. The molecule has 0 atom stereocenters. The van der Waals surface area contributed by atoms with E-state index >= 15 is 0 Å². The summed E-state index contributed by atoms with van der Waals surface area (Å²) in [5.41, 5.74) is -22.1. The fraction of sp³-hybridized carbons (Fsp3) is 1.00. The second kappa shape index (κ2) is 13.1. The second-order valence-corrected chi connectivity index (χ2v) is 9.34. The van der Waals surface area contributed by atoms with Gasteiger partial charge in [0.25, 0.3) is 0 Å². The second-order valence-electron chi connectivity index (χ2n) is 3.68. The van der Waals surface area contributed by atoms with Crippen molar-refractivity contribution in [2.24, 2.45) is 0 Å². The zero-order valence-corrected chi connectivity index (χ0v) is 19.4. The van der Waals surface area contributed by atoms with Crippen LogP contribution in [0.4, 0.5) is 52.7 Å². The molecule has 33 heavy (non-hydrogen) atoms. The van der Waals surface area contributed by atoms with Gasteiger partial charge in [-0.3, -0.25) is 18.2 Å². The molecule has 0 saturated carbocycles. The molecule has 0 aromatic carbocycles. The monoisotopic (exact) mass is 690 g/mol. The van der Waals surface area contributed by atoms with Crippen molar-refractivity contribution in [1.82, 2.24) is 0 Å². The summed E-state index contributed by atoms with van der Waals surface area (Å²) in [6.45, 7) is 0. The Morgan fingerprint density at radius 2 is 0.364 bits per heavy atom. The third-order valence-electron chi connectivity index (χ3n) is 1.17. The Kier molecular flexibility index (Phi) is 17.0. The average Bonchev–Trinajstić information content (AvgIpc) is 2.30. The van der Waals surface area contributed by atoms with E-state index in [4.69, 9.17) is 51.9 Å². The molecule has 204 valence electrons. The third kappa shape index (κ3) is 21.9. The normalized spacial score (nSPS) is 13.6. The van der Waals surface area contributed by atoms with E-state index in [0.29, 0.717) is 0 Å². The van der Waals surface area contributed by atoms with Crippen molar-refractivity contribution in [2.45, 2.75) is 22.0 Å². The molecule has 0 fully saturated rings. The molecule has 0 aromatic heterocycles. The first-order valence-corrected chi connectivity index (χ1v) is 10.9. The molecule has 0 aromatic rings. The molecule has 0 saturated heterocycles. The Hall–Kier alpha value is -0.317. The van der Waals surface area contributed by atoms with Crippen molar-refractivity contribution in [2.75, 3.05) is 0 Å². The minimum absolute atomic E-state index is 0. The molecule has 12 nitrogen and oxygen atoms in total. The van der Waals surface area contributed by atoms with Gasteiger partial charge in [-0.05, 0) is 0 Å². The number of hydrogen-bond acceptors (Lipinski definition) is 8. The van der Waals surface area contributed by atoms with Gasteiger partial charge in [0.05, 0.1) is 0 Å². The van der Waals surface area contributed by atoms with E-state index in [1.54, 1.807) is 0 Å². The maximum atomic E-state index is 10.7. The molecule has 0 radical (unpaired) electrons. The van der Waals surface area contributed by atoms with E-state index in [1.807, 2.05) is 0 Å². The molecule has 0 unspecified atom stereocenters. The number of hydrogen-bond donors (Lipinski definition) is 4. The molecule has 4 N–H and O–H groups in total. The number of alkyl halides is 12. The van der Waals surface area contributed by atoms with Crippen molar-refractivity contribution in [3.05, 3.63) is 0 Å². The predicted octanol–water partition coefficient (Wildman–Crippen LogP) is 1.57. The minimum atomic E-state index is -5.84. The van der Waals surface area contributed by atoms with Crippen LogP contribution >= 0.6 is 0 Å². The fourth-order valence-electron chi connectivity index (χ4n) is 0. The van der Waals surface area contributed by atoms with Crippen LogP contribution in [0.2, 0.25) is 0 Å². The van der Waals surface area contributed by atoms with Crippen LogP contribution in [0, 0.1) is 0 Å². The first-order chi connectivity index (χ1) is 13.0. The molecule has 0 aliphatic rings. The van der Waals surface area contributed by atoms with Crippen LogP contribution in [0.25, 0.3) is 0 Å². The Labute approximate surface area is 193 Å². The van der Waals surface area contributed by atoms with E-state index < -0.39 is 62.5 Å². The summed E-state index contributed by atoms with van der Waals surface area (Å²) >= 11 is 0. The van der Waals surface area contributed by atoms with E-state index in [-0.39, 0.29) is 26.2 Å². The van der Waals surface area contributed by atoms with Crippen molar-refractivity contribution in [3.63, 3.8) is 0 Å².